The second kappa shape index (κ2) is 3.36. The van der Waals surface area contributed by atoms with E-state index in [2.05, 4.69) is 9.72 Å². The summed E-state index contributed by atoms with van der Waals surface area (Å²) in [5.41, 5.74) is 0.335. The van der Waals surface area contributed by atoms with Crippen molar-refractivity contribution in [2.24, 2.45) is 7.05 Å². The molecule has 0 radical (unpaired) electrons. The monoisotopic (exact) mass is 170 g/mol. The van der Waals surface area contributed by atoms with Crippen LogP contribution in [0, 0.1) is 0 Å². The molecule has 0 aliphatic carbocycles. The number of methoxy groups -OCH3 is 1. The number of imidazole rings is 1. The fourth-order valence-corrected chi connectivity index (χ4v) is 0.889. The molecular formula is C7H10N2O3. The molecule has 12 heavy (non-hydrogen) atoms. The predicted octanol–water partition coefficient (Wildman–Crippen LogP) is -0.301. The van der Waals surface area contributed by atoms with Gasteiger partial charge < -0.3 is 14.4 Å². The molecule has 1 aromatic heterocycles. The smallest absolute Gasteiger partial charge is 0.356 e. The number of carbonyl (C=O) groups excluding carboxylic acids is 1. The van der Waals surface area contributed by atoms with Crippen molar-refractivity contribution >= 4 is 5.97 Å². The minimum absolute atomic E-state index is 0.187. The van der Waals surface area contributed by atoms with Gasteiger partial charge in [0, 0.05) is 7.05 Å². The number of hydrogen-bond acceptors (Lipinski definition) is 4. The van der Waals surface area contributed by atoms with E-state index in [0.29, 0.717) is 11.5 Å². The lowest BCUT2D eigenvalue weighted by Crippen LogP contribution is -2.09. The van der Waals surface area contributed by atoms with Crippen molar-refractivity contribution in [2.75, 3.05) is 7.11 Å². The fourth-order valence-electron chi connectivity index (χ4n) is 0.889. The molecule has 0 bridgehead atoms. The van der Waals surface area contributed by atoms with E-state index in [1.54, 1.807) is 7.05 Å². The molecule has 0 saturated carbocycles. The van der Waals surface area contributed by atoms with Crippen molar-refractivity contribution < 1.29 is 14.6 Å². The van der Waals surface area contributed by atoms with Gasteiger partial charge in [0.1, 0.15) is 18.1 Å². The Labute approximate surface area is 69.6 Å². The molecule has 0 aromatic carbocycles. The summed E-state index contributed by atoms with van der Waals surface area (Å²) in [4.78, 5) is 14.8. The van der Waals surface area contributed by atoms with Gasteiger partial charge in [-0.25, -0.2) is 9.78 Å². The van der Waals surface area contributed by atoms with Gasteiger partial charge in [-0.05, 0) is 0 Å². The molecule has 0 fully saturated rings. The second-order valence-electron chi connectivity index (χ2n) is 2.27. The number of ether oxygens (including phenoxy) is 1. The summed E-state index contributed by atoms with van der Waals surface area (Å²) in [6.45, 7) is -0.187. The number of aromatic nitrogens is 2. The lowest BCUT2D eigenvalue weighted by Gasteiger charge is -2.01. The van der Waals surface area contributed by atoms with E-state index in [9.17, 15) is 4.79 Å². The molecule has 0 unspecified atom stereocenters. The molecule has 0 aliphatic rings. The van der Waals surface area contributed by atoms with Gasteiger partial charge in [0.15, 0.2) is 0 Å². The van der Waals surface area contributed by atoms with Crippen LogP contribution >= 0.6 is 0 Å². The van der Waals surface area contributed by atoms with Gasteiger partial charge >= 0.3 is 5.97 Å². The van der Waals surface area contributed by atoms with Crippen LogP contribution in [0.2, 0.25) is 0 Å². The molecule has 0 aliphatic heterocycles. The van der Waals surface area contributed by atoms with Crippen molar-refractivity contribution in [1.82, 2.24) is 9.55 Å². The van der Waals surface area contributed by atoms with E-state index in [1.807, 2.05) is 0 Å². The Kier molecular flexibility index (Phi) is 2.44. The molecular weight excluding hydrogens is 160 g/mol. The zero-order chi connectivity index (χ0) is 9.14. The lowest BCUT2D eigenvalue weighted by molar-refractivity contribution is 0.0589. The zero-order valence-corrected chi connectivity index (χ0v) is 6.94. The molecule has 1 rings (SSSR count). The Balaban J connectivity index is 3.02. The molecule has 5 nitrogen and oxygen atoms in total. The second-order valence-corrected chi connectivity index (χ2v) is 2.27. The zero-order valence-electron chi connectivity index (χ0n) is 6.94. The number of carbonyl (C=O) groups is 1. The van der Waals surface area contributed by atoms with E-state index < -0.39 is 5.97 Å². The minimum Gasteiger partial charge on any atom is -0.464 e. The highest BCUT2D eigenvalue weighted by Gasteiger charge is 2.12. The van der Waals surface area contributed by atoms with Crippen LogP contribution in [-0.4, -0.2) is 27.7 Å². The molecule has 0 saturated heterocycles. The molecule has 0 atom stereocenters. The first kappa shape index (κ1) is 8.73. The van der Waals surface area contributed by atoms with Crippen molar-refractivity contribution in [2.45, 2.75) is 6.61 Å². The van der Waals surface area contributed by atoms with Crippen LogP contribution in [0.4, 0.5) is 0 Å². The van der Waals surface area contributed by atoms with Crippen LogP contribution in [0.15, 0.2) is 6.20 Å². The van der Waals surface area contributed by atoms with E-state index >= 15 is 0 Å². The van der Waals surface area contributed by atoms with E-state index in [1.165, 1.54) is 17.9 Å². The Hall–Kier alpha value is -1.36. The third kappa shape index (κ3) is 1.31. The van der Waals surface area contributed by atoms with Crippen molar-refractivity contribution in [3.05, 3.63) is 17.7 Å². The SMILES string of the molecule is COC(=O)c1cnc(CO)n1C. The van der Waals surface area contributed by atoms with Crippen LogP contribution in [0.3, 0.4) is 0 Å². The van der Waals surface area contributed by atoms with Gasteiger partial charge in [0.25, 0.3) is 0 Å². The Morgan fingerprint density at radius 1 is 1.83 bits per heavy atom. The summed E-state index contributed by atoms with van der Waals surface area (Å²) in [5, 5.41) is 8.75. The maximum absolute atomic E-state index is 11.0. The highest BCUT2D eigenvalue weighted by atomic mass is 16.5. The summed E-state index contributed by atoms with van der Waals surface area (Å²) in [7, 11) is 2.94. The first-order valence-electron chi connectivity index (χ1n) is 3.40. The van der Waals surface area contributed by atoms with Gasteiger partial charge in [0.2, 0.25) is 0 Å². The highest BCUT2D eigenvalue weighted by Crippen LogP contribution is 2.03. The first-order chi connectivity index (χ1) is 5.70. The lowest BCUT2D eigenvalue weighted by atomic mass is 10.5. The molecule has 66 valence electrons. The van der Waals surface area contributed by atoms with E-state index in [0.717, 1.165) is 0 Å². The average molecular weight is 170 g/mol. The summed E-state index contributed by atoms with van der Waals surface area (Å²) in [6.07, 6.45) is 1.37. The average Bonchev–Trinajstić information content (AvgIpc) is 2.45. The number of aliphatic hydroxyl groups excluding tert-OH is 1. The third-order valence-corrected chi connectivity index (χ3v) is 1.62. The molecule has 1 N–H and O–H groups in total. The van der Waals surface area contributed by atoms with Crippen LogP contribution in [-0.2, 0) is 18.4 Å². The van der Waals surface area contributed by atoms with Gasteiger partial charge in [-0.3, -0.25) is 0 Å². The quantitative estimate of drug-likeness (QED) is 0.619. The summed E-state index contributed by atoms with van der Waals surface area (Å²) < 4.78 is 5.99. The number of rotatable bonds is 2. The van der Waals surface area contributed by atoms with Gasteiger partial charge in [-0.15, -0.1) is 0 Å². The summed E-state index contributed by atoms with van der Waals surface area (Å²) in [6, 6.07) is 0. The van der Waals surface area contributed by atoms with Crippen LogP contribution in [0.25, 0.3) is 0 Å². The Morgan fingerprint density at radius 3 is 2.92 bits per heavy atom. The van der Waals surface area contributed by atoms with Crippen LogP contribution in [0.5, 0.6) is 0 Å². The number of esters is 1. The first-order valence-corrected chi connectivity index (χ1v) is 3.40. The minimum atomic E-state index is -0.454. The Morgan fingerprint density at radius 2 is 2.50 bits per heavy atom. The van der Waals surface area contributed by atoms with Crippen molar-refractivity contribution in [3.63, 3.8) is 0 Å². The number of nitrogens with zero attached hydrogens (tertiary/aromatic N) is 2. The molecule has 5 heteroatoms. The van der Waals surface area contributed by atoms with E-state index in [-0.39, 0.29) is 6.61 Å². The molecule has 1 heterocycles. The van der Waals surface area contributed by atoms with Crippen molar-refractivity contribution in [1.29, 1.82) is 0 Å². The maximum atomic E-state index is 11.0. The standard InChI is InChI=1S/C7H10N2O3/c1-9-5(7(11)12-2)3-8-6(9)4-10/h3,10H,4H2,1-2H3. The third-order valence-electron chi connectivity index (χ3n) is 1.62. The predicted molar refractivity (Wildman–Crippen MR) is 40.5 cm³/mol. The molecule has 0 spiro atoms. The Bertz CT molecular complexity index is 293. The maximum Gasteiger partial charge on any atom is 0.356 e. The summed E-state index contributed by atoms with van der Waals surface area (Å²) in [5.74, 6) is -0.0138. The van der Waals surface area contributed by atoms with Gasteiger partial charge in [-0.1, -0.05) is 0 Å². The highest BCUT2D eigenvalue weighted by molar-refractivity contribution is 5.87. The topological polar surface area (TPSA) is 64.3 Å². The molecule has 0 amide bonds. The van der Waals surface area contributed by atoms with Crippen molar-refractivity contribution in [3.8, 4) is 0 Å². The fraction of sp³-hybridized carbons (Fsp3) is 0.429. The van der Waals surface area contributed by atoms with Gasteiger partial charge in [-0.2, -0.15) is 0 Å². The largest absolute Gasteiger partial charge is 0.464 e. The number of hydrogen-bond donors (Lipinski definition) is 1. The van der Waals surface area contributed by atoms with Crippen LogP contribution in [0.1, 0.15) is 16.3 Å². The number of aliphatic hydroxyl groups is 1. The normalized spacial score (nSPS) is 9.92. The van der Waals surface area contributed by atoms with E-state index in [4.69, 9.17) is 5.11 Å². The summed E-state index contributed by atoms with van der Waals surface area (Å²) >= 11 is 0. The van der Waals surface area contributed by atoms with Crippen LogP contribution < -0.4 is 0 Å². The van der Waals surface area contributed by atoms with Gasteiger partial charge in [0.05, 0.1) is 13.3 Å². The molecule has 1 aromatic rings.